The summed E-state index contributed by atoms with van der Waals surface area (Å²) < 4.78 is 22.4. The van der Waals surface area contributed by atoms with Gasteiger partial charge in [0.15, 0.2) is 23.1 Å². The van der Waals surface area contributed by atoms with Gasteiger partial charge in [-0.25, -0.2) is 4.98 Å². The van der Waals surface area contributed by atoms with Crippen LogP contribution in [0.5, 0.6) is 0 Å². The molecule has 5 rings (SSSR count). The second-order valence-corrected chi connectivity index (χ2v) is 27.1. The first-order valence-corrected chi connectivity index (χ1v) is 36.1. The number of aromatic amines is 2. The van der Waals surface area contributed by atoms with Crippen molar-refractivity contribution in [3.05, 3.63) is 142 Å². The minimum atomic E-state index is -1.91. The van der Waals surface area contributed by atoms with E-state index in [-0.39, 0.29) is 117 Å². The standard InChI is InChI=1S/C73H102N14O12.2CH4.2O.Tc/c1-45(2)29-51(30-46(3)4)33-64(90)61(36-56-41-79-44-82-56)84-67(93)24-22-62(88)70(47(5)6)87-71(96)48(7)31-63(89)60(34-53-40-80-58-16-12-11-15-57(53)58)86-73(98)52(19-23-66(76)92)35-65(91)59(32-49-13-9-8-10-14-49)85-69(95)43-99-42-68(94)83-55-20-17-50(18-21-55)37-81-72(97)54(38-77-27-25-74)39-78-28-26-75;;;;;/h8-18,20-21,40-41,44-48,51-52,54,59-61,70,74-75,80H,19,22-39,42-43H2,1-7H3,(H2,76,92)(H,79,82)(H,81,97)(H,83,94)(H,84,93)(H,85,95)(H,86,98)(H,87,96);2*1H4;;;/q-4;;;;;/t48-,52-,59-,60+,61+,70+;;;;;/m1...../s1. The van der Waals surface area contributed by atoms with E-state index in [0.717, 1.165) is 29.3 Å². The summed E-state index contributed by atoms with van der Waals surface area (Å²) in [5, 5.41) is 26.0. The van der Waals surface area contributed by atoms with E-state index in [1.165, 1.54) is 13.3 Å². The molecule has 0 saturated carbocycles. The van der Waals surface area contributed by atoms with Gasteiger partial charge in [-0.05, 0) is 84.2 Å². The summed E-state index contributed by atoms with van der Waals surface area (Å²) in [4.78, 5) is 161. The minimum absolute atomic E-state index is 0. The predicted octanol–water partition coefficient (Wildman–Crippen LogP) is 8.74. The number of carbonyl (C=O) groups excluding carboxylic acids is 11. The van der Waals surface area contributed by atoms with Gasteiger partial charge in [-0.1, -0.05) is 124 Å². The third-order valence-corrected chi connectivity index (χ3v) is 16.8. The van der Waals surface area contributed by atoms with Gasteiger partial charge in [0, 0.05) is 110 Å². The molecule has 0 spiro atoms. The fourth-order valence-electron chi connectivity index (χ4n) is 11.8. The van der Waals surface area contributed by atoms with Crippen LogP contribution < -0.4 is 37.6 Å². The molecular formula is C75H110N14O14Tc-4. The number of H-pyrrole nitrogens is 2. The zero-order valence-corrected chi connectivity index (χ0v) is 61.3. The van der Waals surface area contributed by atoms with Gasteiger partial charge in [0.2, 0.25) is 41.4 Å². The van der Waals surface area contributed by atoms with Crippen molar-refractivity contribution in [1.29, 1.82) is 0 Å². The van der Waals surface area contributed by atoms with Crippen LogP contribution in [-0.4, -0.2) is 156 Å². The van der Waals surface area contributed by atoms with Crippen molar-refractivity contribution in [1.82, 2.24) is 41.5 Å². The zero-order chi connectivity index (χ0) is 75.1. The number of aromatic nitrogens is 3. The van der Waals surface area contributed by atoms with Crippen LogP contribution in [0.25, 0.3) is 33.0 Å². The Hall–Kier alpha value is -8.57. The Bertz CT molecular complexity index is 3490. The van der Waals surface area contributed by atoms with E-state index in [4.69, 9.17) is 28.9 Å². The predicted molar refractivity (Wildman–Crippen MR) is 394 cm³/mol. The van der Waals surface area contributed by atoms with E-state index < -0.39 is 144 Å². The third kappa shape index (κ3) is 34.8. The summed E-state index contributed by atoms with van der Waals surface area (Å²) in [6.07, 6.45) is 4.94. The number of hydrogen-bond acceptors (Lipinski definition) is 15. The van der Waals surface area contributed by atoms with Crippen LogP contribution >= 0.6 is 0 Å². The van der Waals surface area contributed by atoms with Crippen LogP contribution in [0.4, 0.5) is 5.69 Å². The summed E-state index contributed by atoms with van der Waals surface area (Å²) in [6, 6.07) is 18.3. The molecule has 0 aliphatic carbocycles. The number of ether oxygens (including phenoxy) is 1. The van der Waals surface area contributed by atoms with Gasteiger partial charge >= 0.3 is 24.6 Å². The van der Waals surface area contributed by atoms with Crippen molar-refractivity contribution in [2.45, 2.75) is 171 Å². The molecule has 29 heteroatoms. The van der Waals surface area contributed by atoms with Crippen LogP contribution in [0.3, 0.4) is 0 Å². The number of nitrogens with two attached hydrogens (primary N) is 1. The third-order valence-electron chi connectivity index (χ3n) is 16.8. The topological polar surface area (TPSA) is 450 Å². The van der Waals surface area contributed by atoms with Crippen molar-refractivity contribution < 1.29 is 82.1 Å². The molecule has 104 heavy (non-hydrogen) atoms. The number of para-hydroxylation sites is 1. The molecule has 5 aromatic rings. The number of fused-ring (bicyclic) bond motifs is 1. The number of imidazole rings is 1. The number of ketones is 4. The summed E-state index contributed by atoms with van der Waals surface area (Å²) in [6.45, 7) is 13.7. The average molecular weight is 1530 g/mol. The van der Waals surface area contributed by atoms with E-state index in [1.807, 2.05) is 24.3 Å². The SMILES string of the molecule is C.C.CC(C)CC(CC(=O)[C@H](Cc1cnc[nH]1)NC(=O)CCC(=O)[C@@H](NC(=O)[C@H](C)CC(=O)[C@H](Cc1c[nH]c2ccccc12)NC(=O)[C@H](CCC(N)=O)CC(=O)[C@@H](Cc1ccccc1)NC(=O)COCC(=O)Nc1ccc(CNC(=O)C(C[N-]CC[NH-])C[N-]CC[NH-])cc1)C(C)C)CC(C)C.[O]=[Tc]=[O]. The molecule has 3 aromatic carbocycles. The number of anilines is 1. The Morgan fingerprint density at radius 3 is 1.76 bits per heavy atom. The Kier molecular flexibility index (Phi) is 44.0. The number of hydrogen-bond donors (Lipinski definition) is 9. The maximum absolute atomic E-state index is 14.7. The average Bonchev–Trinajstić information content (AvgIpc) is 1.68. The van der Waals surface area contributed by atoms with Crippen molar-refractivity contribution in [3.8, 4) is 0 Å². The number of carbonyl (C=O) groups is 11. The number of Topliss-reactive ketones (excluding diaryl/α,β-unsaturated/α-hetero) is 4. The fourth-order valence-corrected chi connectivity index (χ4v) is 11.8. The van der Waals surface area contributed by atoms with Gasteiger partial charge in [0.1, 0.15) is 13.2 Å². The second kappa shape index (κ2) is 50.0. The summed E-state index contributed by atoms with van der Waals surface area (Å²) in [7, 11) is 0. The molecule has 0 radical (unpaired) electrons. The second-order valence-electron chi connectivity index (χ2n) is 26.7. The maximum atomic E-state index is 14.7. The molecule has 2 aromatic heterocycles. The number of nitrogens with zero attached hydrogens (tertiary/aromatic N) is 3. The Balaban J connectivity index is 0.00000722. The molecule has 575 valence electrons. The molecule has 7 amide bonds. The summed E-state index contributed by atoms with van der Waals surface area (Å²) >= 11 is -1.91. The number of nitrogens with one attached hydrogen (secondary N) is 10. The number of benzene rings is 3. The number of amides is 7. The first-order chi connectivity index (χ1) is 48.7. The van der Waals surface area contributed by atoms with Crippen LogP contribution in [0, 0.1) is 41.4 Å². The Morgan fingerprint density at radius 1 is 0.587 bits per heavy atom. The molecule has 12 N–H and O–H groups in total. The Labute approximate surface area is 619 Å². The van der Waals surface area contributed by atoms with Crippen LogP contribution in [-0.2, 0) is 108 Å². The zero-order valence-electron chi connectivity index (χ0n) is 59.5. The monoisotopic (exact) mass is 1530 g/mol. The van der Waals surface area contributed by atoms with Crippen molar-refractivity contribution >= 4 is 81.1 Å². The molecule has 0 bridgehead atoms. The molecule has 0 aliphatic heterocycles. The number of rotatable bonds is 49. The molecule has 0 aliphatic rings. The summed E-state index contributed by atoms with van der Waals surface area (Å²) in [5.41, 5.74) is 24.1. The molecular weight excluding hydrogens is 1420 g/mol. The molecule has 28 nitrogen and oxygen atoms in total. The quantitative estimate of drug-likeness (QED) is 0.0164. The van der Waals surface area contributed by atoms with E-state index in [1.54, 1.807) is 80.8 Å². The molecule has 0 unspecified atom stereocenters. The van der Waals surface area contributed by atoms with Crippen LogP contribution in [0.15, 0.2) is 97.6 Å². The van der Waals surface area contributed by atoms with Gasteiger partial charge < -0.3 is 74.4 Å². The van der Waals surface area contributed by atoms with Crippen molar-refractivity contribution in [2.75, 3.05) is 57.8 Å². The first kappa shape index (κ1) is 91.5. The fraction of sp³-hybridized carbons (Fsp3) is 0.547. The van der Waals surface area contributed by atoms with Gasteiger partial charge in [-0.3, -0.25) is 52.7 Å². The van der Waals surface area contributed by atoms with Crippen molar-refractivity contribution in [3.63, 3.8) is 0 Å². The first-order valence-electron chi connectivity index (χ1n) is 34.6. The van der Waals surface area contributed by atoms with E-state index >= 15 is 0 Å². The molecule has 6 atom stereocenters. The van der Waals surface area contributed by atoms with E-state index in [2.05, 4.69) is 85.2 Å². The van der Waals surface area contributed by atoms with E-state index in [9.17, 15) is 52.7 Å². The van der Waals surface area contributed by atoms with E-state index in [0.29, 0.717) is 47.4 Å². The van der Waals surface area contributed by atoms with Gasteiger partial charge in [0.05, 0.1) is 30.5 Å². The molecule has 0 fully saturated rings. The normalized spacial score (nSPS) is 12.8. The number of primary amides is 1. The van der Waals surface area contributed by atoms with Gasteiger partial charge in [-0.15, -0.1) is 13.1 Å². The van der Waals surface area contributed by atoms with Crippen molar-refractivity contribution in [2.24, 2.45) is 47.2 Å². The van der Waals surface area contributed by atoms with Gasteiger partial charge in [-0.2, -0.15) is 26.2 Å². The molecule has 2 heterocycles. The Morgan fingerprint density at radius 2 is 1.16 bits per heavy atom. The van der Waals surface area contributed by atoms with Crippen LogP contribution in [0.1, 0.15) is 143 Å². The summed E-state index contributed by atoms with van der Waals surface area (Å²) in [5.74, 6) is -8.36. The van der Waals surface area contributed by atoms with Gasteiger partial charge in [0.25, 0.3) is 0 Å². The molecule has 0 saturated heterocycles. The van der Waals surface area contributed by atoms with Crippen LogP contribution in [0.2, 0.25) is 0 Å².